The highest BCUT2D eigenvalue weighted by molar-refractivity contribution is 7.09. The Morgan fingerprint density at radius 2 is 2.15 bits per heavy atom. The summed E-state index contributed by atoms with van der Waals surface area (Å²) in [7, 11) is 0. The number of hydrogen-bond acceptors (Lipinski definition) is 4. The number of thiazole rings is 1. The maximum Gasteiger partial charge on any atom is 0.220 e. The summed E-state index contributed by atoms with van der Waals surface area (Å²) in [4.78, 5) is 16.1. The second kappa shape index (κ2) is 7.17. The molecule has 20 heavy (non-hydrogen) atoms. The minimum atomic E-state index is -0.0999. The molecule has 0 aliphatic carbocycles. The Kier molecular flexibility index (Phi) is 5.26. The van der Waals surface area contributed by atoms with E-state index in [2.05, 4.69) is 10.3 Å². The van der Waals surface area contributed by atoms with Gasteiger partial charge in [0, 0.05) is 24.0 Å². The third kappa shape index (κ3) is 4.15. The highest BCUT2D eigenvalue weighted by atomic mass is 32.1. The van der Waals surface area contributed by atoms with Crippen molar-refractivity contribution in [3.05, 3.63) is 52.5 Å². The molecule has 1 amide bonds. The summed E-state index contributed by atoms with van der Waals surface area (Å²) < 4.78 is 0. The molecule has 0 spiro atoms. The largest absolute Gasteiger partial charge is 0.347 e. The van der Waals surface area contributed by atoms with Crippen molar-refractivity contribution in [2.45, 2.75) is 31.8 Å². The molecule has 0 aliphatic heterocycles. The third-order valence-corrected chi connectivity index (χ3v) is 4.07. The van der Waals surface area contributed by atoms with Gasteiger partial charge in [-0.1, -0.05) is 30.3 Å². The van der Waals surface area contributed by atoms with Gasteiger partial charge in [0.05, 0.1) is 6.04 Å². The summed E-state index contributed by atoms with van der Waals surface area (Å²) in [6, 6.07) is 9.70. The lowest BCUT2D eigenvalue weighted by Gasteiger charge is -2.14. The molecule has 3 N–H and O–H groups in total. The van der Waals surface area contributed by atoms with Crippen LogP contribution in [0.5, 0.6) is 0 Å². The summed E-state index contributed by atoms with van der Waals surface area (Å²) in [5, 5.41) is 5.77. The first-order valence-corrected chi connectivity index (χ1v) is 7.54. The van der Waals surface area contributed by atoms with Crippen LogP contribution in [0.2, 0.25) is 0 Å². The molecule has 2 unspecified atom stereocenters. The molecule has 5 heteroatoms. The smallest absolute Gasteiger partial charge is 0.220 e. The van der Waals surface area contributed by atoms with Crippen LogP contribution in [0.3, 0.4) is 0 Å². The minimum Gasteiger partial charge on any atom is -0.347 e. The van der Waals surface area contributed by atoms with Gasteiger partial charge in [-0.3, -0.25) is 4.79 Å². The Bertz CT molecular complexity index is 527. The lowest BCUT2D eigenvalue weighted by atomic mass is 10.0. The molecule has 2 aromatic rings. The van der Waals surface area contributed by atoms with Gasteiger partial charge >= 0.3 is 0 Å². The fraction of sp³-hybridized carbons (Fsp3) is 0.333. The van der Waals surface area contributed by atoms with Gasteiger partial charge in [0.2, 0.25) is 5.91 Å². The molecule has 0 radical (unpaired) electrons. The Morgan fingerprint density at radius 3 is 2.80 bits per heavy atom. The van der Waals surface area contributed by atoms with E-state index in [0.29, 0.717) is 12.8 Å². The van der Waals surface area contributed by atoms with E-state index >= 15 is 0 Å². The Hall–Kier alpha value is -1.72. The molecule has 1 aromatic heterocycles. The van der Waals surface area contributed by atoms with Crippen LogP contribution < -0.4 is 11.1 Å². The topological polar surface area (TPSA) is 68.0 Å². The zero-order chi connectivity index (χ0) is 14.4. The molecule has 2 atom stereocenters. The summed E-state index contributed by atoms with van der Waals surface area (Å²) in [6.45, 7) is 1.94. The SMILES string of the molecule is CC(NC(=O)CCC(N)c1ccccc1)c1nccs1. The molecule has 4 nitrogen and oxygen atoms in total. The first-order chi connectivity index (χ1) is 9.66. The number of nitrogens with one attached hydrogen (secondary N) is 1. The quantitative estimate of drug-likeness (QED) is 0.859. The van der Waals surface area contributed by atoms with Gasteiger partial charge in [0.25, 0.3) is 0 Å². The van der Waals surface area contributed by atoms with Gasteiger partial charge in [-0.15, -0.1) is 11.3 Å². The van der Waals surface area contributed by atoms with Crippen molar-refractivity contribution in [2.24, 2.45) is 5.73 Å². The van der Waals surface area contributed by atoms with E-state index in [1.54, 1.807) is 17.5 Å². The fourth-order valence-electron chi connectivity index (χ4n) is 1.98. The van der Waals surface area contributed by atoms with Gasteiger partial charge in [-0.2, -0.15) is 0 Å². The molecule has 0 saturated carbocycles. The van der Waals surface area contributed by atoms with Crippen molar-refractivity contribution in [1.82, 2.24) is 10.3 Å². The summed E-state index contributed by atoms with van der Waals surface area (Å²) in [6.07, 6.45) is 2.81. The second-order valence-electron chi connectivity index (χ2n) is 4.72. The van der Waals surface area contributed by atoms with Crippen molar-refractivity contribution in [2.75, 3.05) is 0 Å². The molecule has 0 fully saturated rings. The summed E-state index contributed by atoms with van der Waals surface area (Å²) in [5.74, 6) is 0.0130. The van der Waals surface area contributed by atoms with E-state index in [9.17, 15) is 4.79 Å². The van der Waals surface area contributed by atoms with E-state index < -0.39 is 0 Å². The molecule has 0 aliphatic rings. The van der Waals surface area contributed by atoms with Crippen LogP contribution in [0.1, 0.15) is 42.4 Å². The van der Waals surface area contributed by atoms with Gasteiger partial charge in [-0.05, 0) is 18.9 Å². The van der Waals surface area contributed by atoms with Crippen LogP contribution in [0.4, 0.5) is 0 Å². The van der Waals surface area contributed by atoms with Crippen molar-refractivity contribution in [1.29, 1.82) is 0 Å². The van der Waals surface area contributed by atoms with E-state index in [0.717, 1.165) is 10.6 Å². The molecule has 0 bridgehead atoms. The number of hydrogen-bond donors (Lipinski definition) is 2. The zero-order valence-electron chi connectivity index (χ0n) is 11.5. The highest BCUT2D eigenvalue weighted by Crippen LogP contribution is 2.17. The van der Waals surface area contributed by atoms with E-state index in [1.807, 2.05) is 42.6 Å². The Morgan fingerprint density at radius 1 is 1.40 bits per heavy atom. The van der Waals surface area contributed by atoms with Crippen molar-refractivity contribution < 1.29 is 4.79 Å². The van der Waals surface area contributed by atoms with E-state index in [-0.39, 0.29) is 18.0 Å². The number of carbonyl (C=O) groups is 1. The van der Waals surface area contributed by atoms with Gasteiger partial charge in [-0.25, -0.2) is 4.98 Å². The van der Waals surface area contributed by atoms with Crippen molar-refractivity contribution in [3.63, 3.8) is 0 Å². The van der Waals surface area contributed by atoms with Crippen LogP contribution in [0.25, 0.3) is 0 Å². The first-order valence-electron chi connectivity index (χ1n) is 6.66. The maximum absolute atomic E-state index is 11.9. The zero-order valence-corrected chi connectivity index (χ0v) is 12.3. The van der Waals surface area contributed by atoms with Crippen molar-refractivity contribution >= 4 is 17.2 Å². The van der Waals surface area contributed by atoms with Crippen molar-refractivity contribution in [3.8, 4) is 0 Å². The second-order valence-corrected chi connectivity index (χ2v) is 5.64. The standard InChI is InChI=1S/C15H19N3OS/c1-11(15-17-9-10-20-15)18-14(19)8-7-13(16)12-5-3-2-4-6-12/h2-6,9-11,13H,7-8,16H2,1H3,(H,18,19). The average Bonchev–Trinajstić information content (AvgIpc) is 3.00. The fourth-order valence-corrected chi connectivity index (χ4v) is 2.62. The van der Waals surface area contributed by atoms with Gasteiger partial charge < -0.3 is 11.1 Å². The molecular formula is C15H19N3OS. The number of carbonyl (C=O) groups excluding carboxylic acids is 1. The van der Waals surface area contributed by atoms with Crippen LogP contribution in [0.15, 0.2) is 41.9 Å². The van der Waals surface area contributed by atoms with E-state index in [4.69, 9.17) is 5.73 Å². The van der Waals surface area contributed by atoms with Crippen LogP contribution >= 0.6 is 11.3 Å². The summed E-state index contributed by atoms with van der Waals surface area (Å²) in [5.41, 5.74) is 7.14. The molecule has 106 valence electrons. The molecule has 2 rings (SSSR count). The Balaban J connectivity index is 1.78. The molecular weight excluding hydrogens is 270 g/mol. The van der Waals surface area contributed by atoms with Gasteiger partial charge in [0.1, 0.15) is 5.01 Å². The van der Waals surface area contributed by atoms with Crippen LogP contribution in [0, 0.1) is 0 Å². The normalized spacial score (nSPS) is 13.7. The maximum atomic E-state index is 11.9. The average molecular weight is 289 g/mol. The molecule has 1 heterocycles. The lowest BCUT2D eigenvalue weighted by molar-refractivity contribution is -0.121. The molecule has 0 saturated heterocycles. The van der Waals surface area contributed by atoms with Crippen LogP contribution in [-0.2, 0) is 4.79 Å². The number of nitrogens with two attached hydrogens (primary N) is 1. The predicted molar refractivity (Wildman–Crippen MR) is 81.3 cm³/mol. The summed E-state index contributed by atoms with van der Waals surface area (Å²) >= 11 is 1.54. The number of rotatable bonds is 6. The number of aromatic nitrogens is 1. The monoisotopic (exact) mass is 289 g/mol. The number of benzene rings is 1. The first kappa shape index (κ1) is 14.7. The number of nitrogens with zero attached hydrogens (tertiary/aromatic N) is 1. The Labute approximate surface area is 123 Å². The van der Waals surface area contributed by atoms with Gasteiger partial charge in [0.15, 0.2) is 0 Å². The number of amides is 1. The molecule has 1 aromatic carbocycles. The minimum absolute atomic E-state index is 0.0130. The van der Waals surface area contributed by atoms with E-state index in [1.165, 1.54) is 0 Å². The van der Waals surface area contributed by atoms with Crippen LogP contribution in [-0.4, -0.2) is 10.9 Å². The highest BCUT2D eigenvalue weighted by Gasteiger charge is 2.13. The third-order valence-electron chi connectivity index (χ3n) is 3.11. The lowest BCUT2D eigenvalue weighted by Crippen LogP contribution is -2.27. The predicted octanol–water partition coefficient (Wildman–Crippen LogP) is 2.80.